The number of hydrogen-bond acceptors (Lipinski definition) is 29. The van der Waals surface area contributed by atoms with Gasteiger partial charge in [-0.1, -0.05) is 15.8 Å². The van der Waals surface area contributed by atoms with Crippen molar-refractivity contribution in [3.05, 3.63) is 35.7 Å². The van der Waals surface area contributed by atoms with E-state index in [-0.39, 0.29) is 170 Å². The van der Waals surface area contributed by atoms with Crippen molar-refractivity contribution in [3.8, 4) is 0 Å². The highest BCUT2D eigenvalue weighted by molar-refractivity contribution is 5.95. The van der Waals surface area contributed by atoms with Crippen molar-refractivity contribution in [2.45, 2.75) is 647 Å². The Morgan fingerprint density at radius 3 is 0.636 bits per heavy atom. The lowest BCUT2D eigenvalue weighted by molar-refractivity contribution is -0.245. The van der Waals surface area contributed by atoms with Crippen LogP contribution in [0.4, 0.5) is 0 Å². The second-order valence-corrected chi connectivity index (χ2v) is 62.9. The molecule has 0 aromatic rings. The van der Waals surface area contributed by atoms with E-state index >= 15 is 0 Å². The van der Waals surface area contributed by atoms with Crippen LogP contribution in [0.1, 0.15) is 459 Å². The molecule has 143 heavy (non-hydrogen) atoms. The highest BCUT2D eigenvalue weighted by atomic mass is 16.8. The second kappa shape index (κ2) is 38.8. The average molecular weight is 2000 g/mol. The average Bonchev–Trinajstić information content (AvgIpc) is 0.742. The maximum Gasteiger partial charge on any atom is 0.154 e. The molecule has 14 aliphatic heterocycles. The minimum atomic E-state index is -0.191. The van der Waals surface area contributed by atoms with Gasteiger partial charge in [0.1, 0.15) is 17.5 Å². The number of likely N-dealkylation sites (tertiary alicyclic amines) is 3. The van der Waals surface area contributed by atoms with E-state index < -0.39 is 0 Å². The summed E-state index contributed by atoms with van der Waals surface area (Å²) in [5.41, 5.74) is 9.38. The number of hydrazine groups is 3. The van der Waals surface area contributed by atoms with Crippen molar-refractivity contribution in [2.75, 3.05) is 26.2 Å². The summed E-state index contributed by atoms with van der Waals surface area (Å²) in [7, 11) is 0. The smallest absolute Gasteiger partial charge is 0.154 e. The number of hydrogen-bond donors (Lipinski definition) is 14. The van der Waals surface area contributed by atoms with Crippen LogP contribution in [0.5, 0.6) is 0 Å². The molecule has 14 heterocycles. The second-order valence-electron chi connectivity index (χ2n) is 62.9. The third kappa shape index (κ3) is 29.2. The molecular formula is C114H216N26O3. The molecule has 11 saturated heterocycles. The highest BCUT2D eigenvalue weighted by Gasteiger charge is 2.59. The maximum atomic E-state index is 7.48. The number of piperidine rings is 11. The third-order valence-corrected chi connectivity index (χ3v) is 34.1. The summed E-state index contributed by atoms with van der Waals surface area (Å²) in [4.78, 5) is 39.2. The zero-order valence-corrected chi connectivity index (χ0v) is 99.5. The number of hydrazone groups is 3. The fourth-order valence-electron chi connectivity index (χ4n) is 34.7. The lowest BCUT2D eigenvalue weighted by Crippen LogP contribution is -2.71. The molecule has 29 heteroatoms. The topological polar surface area (TPSA) is 262 Å². The number of rotatable bonds is 25. The summed E-state index contributed by atoms with van der Waals surface area (Å²) in [6.45, 7) is 109. The monoisotopic (exact) mass is 2000 g/mol. The summed E-state index contributed by atoms with van der Waals surface area (Å²) in [5, 5.41) is 67.0. The first-order chi connectivity index (χ1) is 64.7. The first-order valence-electron chi connectivity index (χ1n) is 56.6. The van der Waals surface area contributed by atoms with Gasteiger partial charge in [0, 0.05) is 215 Å². The van der Waals surface area contributed by atoms with Crippen molar-refractivity contribution in [2.24, 2.45) is 15.3 Å². The maximum absolute atomic E-state index is 7.48. The van der Waals surface area contributed by atoms with Crippen molar-refractivity contribution in [3.63, 3.8) is 0 Å². The van der Waals surface area contributed by atoms with Crippen LogP contribution in [-0.2, 0) is 14.5 Å². The van der Waals surface area contributed by atoms with E-state index in [1.807, 2.05) is 0 Å². The highest BCUT2D eigenvalue weighted by Crippen LogP contribution is 2.51. The van der Waals surface area contributed by atoms with Gasteiger partial charge in [0.05, 0.1) is 18.3 Å². The zero-order valence-electron chi connectivity index (χ0n) is 99.5. The van der Waals surface area contributed by atoms with Crippen LogP contribution in [0.25, 0.3) is 0 Å². The van der Waals surface area contributed by atoms with E-state index in [0.717, 1.165) is 202 Å². The molecule has 14 N–H and O–H groups in total. The lowest BCUT2D eigenvalue weighted by atomic mass is 9.71. The Morgan fingerprint density at radius 1 is 0.245 bits per heavy atom. The van der Waals surface area contributed by atoms with Gasteiger partial charge >= 0.3 is 0 Å². The van der Waals surface area contributed by atoms with Gasteiger partial charge in [0.25, 0.3) is 0 Å². The van der Waals surface area contributed by atoms with Gasteiger partial charge in [-0.2, -0.15) is 0 Å². The molecule has 0 bridgehead atoms. The molecule has 0 radical (unpaired) electrons. The summed E-state index contributed by atoms with van der Waals surface area (Å²) < 4.78 is 0. The van der Waals surface area contributed by atoms with Crippen LogP contribution in [0.2, 0.25) is 0 Å². The van der Waals surface area contributed by atoms with Crippen molar-refractivity contribution in [1.82, 2.24) is 120 Å². The van der Waals surface area contributed by atoms with Gasteiger partial charge in [-0.25, -0.2) is 30.8 Å². The summed E-state index contributed by atoms with van der Waals surface area (Å²) in [5.74, 6) is 5.36. The first-order valence-corrected chi connectivity index (χ1v) is 56.6. The van der Waals surface area contributed by atoms with E-state index in [1.165, 1.54) is 0 Å². The van der Waals surface area contributed by atoms with Gasteiger partial charge in [-0.3, -0.25) is 14.7 Å². The van der Waals surface area contributed by atoms with Crippen LogP contribution >= 0.6 is 0 Å². The molecule has 0 atom stereocenters. The van der Waals surface area contributed by atoms with Gasteiger partial charge in [-0.15, -0.1) is 15.3 Å². The summed E-state index contributed by atoms with van der Waals surface area (Å²) >= 11 is 0. The molecular weight excluding hydrogens is 1780 g/mol. The van der Waals surface area contributed by atoms with E-state index in [0.29, 0.717) is 31.2 Å². The molecule has 0 aliphatic carbocycles. The van der Waals surface area contributed by atoms with E-state index in [4.69, 9.17) is 29.8 Å². The molecule has 0 amide bonds. The minimum Gasteiger partial charge on any atom is -0.366 e. The van der Waals surface area contributed by atoms with Crippen molar-refractivity contribution < 1.29 is 14.5 Å². The Labute approximate surface area is 871 Å². The predicted octanol–water partition coefficient (Wildman–Crippen LogP) is 17.7. The molecule has 14 aliphatic rings. The third-order valence-electron chi connectivity index (χ3n) is 34.1. The standard InChI is InChI=1S/C114H216N26O3/c1-93(2)60-79(61-94(3,4)124-93)133(91-52-88(119-139(122-91)142-85-72-105(25,26)130-106(27,28)73-85)116-77-56-111(37,38)136(112(39,40)57-77)82-66-99(13,14)127-100(15,16)67-82)49-45-47-132(90-51-87(118-138(121-90)141-84-70-103(21,22)129-104(23,24)71-84)115-76-54-109(33,34)135(110(35,36)55-76)81-64-97(9,10)126-98(11,12)65-81)48-46-50-134(80-62-95(5,6)125-96(7,8)63-80)92-53-89(120-140(123-92)143-86-74-107(29,30)131-108(31,32)75-86)117-78-58-113(41,42)137(114(43,44)59-78)83-68-101(17,18)128-102(19,20)69-83/h51-53,76-86,121-131H,45-50,54-75H2,1-44H3,(H,115,118)(H,116,119)(H,117,120). The molecule has 29 nitrogen and oxygen atoms in total. The molecule has 0 spiro atoms. The molecule has 0 aromatic heterocycles. The SMILES string of the molecule is CC1(C)CC(ON2N=C(NC3CC(C)(C)N(C4CC(C)(C)NC(C)(C)C4)C(C)(C)C3)C=C(N(CCCN(C3=CC(NC4CC(C)(C)N(C5CC(C)(C)NC(C)(C)C5)C(C)(C)C4)=NN(OC4CC(C)(C)NC(C)(C)C4)N3)C3CC(C)(C)NC(C)(C)C3)CCCN(C3=CC(NC4CC(C)(C)N(C5CC(C)(C)NC(C)(C)C5)C(C)(C)C4)=NN(OC4CC(C)(C)NC(C)(C)C4)N3)C3CC(C)(C)NC(C)(C)C3)N2)CC(C)(C)N1. The van der Waals surface area contributed by atoms with Gasteiger partial charge in [0.2, 0.25) is 0 Å². The number of nitrogens with zero attached hydrogens (tertiary/aromatic N) is 12. The van der Waals surface area contributed by atoms with Crippen LogP contribution in [0, 0.1) is 0 Å². The van der Waals surface area contributed by atoms with E-state index in [2.05, 4.69) is 427 Å². The molecule has 14 rings (SSSR count). The Kier molecular flexibility index (Phi) is 30.9. The van der Waals surface area contributed by atoms with Gasteiger partial charge in [-0.05, 0) is 459 Å². The van der Waals surface area contributed by atoms with E-state index in [1.54, 1.807) is 15.8 Å². The van der Waals surface area contributed by atoms with E-state index in [9.17, 15) is 0 Å². The van der Waals surface area contributed by atoms with Gasteiger partial charge < -0.3 is 73.2 Å². The van der Waals surface area contributed by atoms with Crippen LogP contribution in [0.15, 0.2) is 51.0 Å². The quantitative estimate of drug-likeness (QED) is 0.0405. The molecule has 0 saturated carbocycles. The lowest BCUT2D eigenvalue weighted by Gasteiger charge is -2.62. The van der Waals surface area contributed by atoms with Crippen molar-refractivity contribution >= 4 is 17.5 Å². The fourth-order valence-corrected chi connectivity index (χ4v) is 34.7. The predicted molar refractivity (Wildman–Crippen MR) is 592 cm³/mol. The Balaban J connectivity index is 0.858. The zero-order chi connectivity index (χ0) is 106. The number of nitrogens with one attached hydrogen (secondary N) is 14. The molecule has 11 fully saturated rings. The summed E-state index contributed by atoms with van der Waals surface area (Å²) in [6, 6.07) is 1.82. The van der Waals surface area contributed by atoms with Crippen LogP contribution in [0.3, 0.4) is 0 Å². The van der Waals surface area contributed by atoms with Crippen LogP contribution < -0.4 is 74.8 Å². The Bertz CT molecular complexity index is 4250. The first kappa shape index (κ1) is 114. The molecule has 820 valence electrons. The van der Waals surface area contributed by atoms with Crippen molar-refractivity contribution in [1.29, 1.82) is 0 Å². The largest absolute Gasteiger partial charge is 0.366 e. The Hall–Kier alpha value is -4.73. The fraction of sp³-hybridized carbons (Fsp3) is 0.921. The minimum absolute atomic E-state index is 0.00461. The van der Waals surface area contributed by atoms with Gasteiger partial charge in [0.15, 0.2) is 17.5 Å². The molecule has 0 unspecified atom stereocenters. The molecule has 0 aromatic carbocycles. The Morgan fingerprint density at radius 2 is 0.427 bits per heavy atom. The normalized spacial score (nSPS) is 30.6. The summed E-state index contributed by atoms with van der Waals surface area (Å²) in [6.07, 6.45) is 29.1. The van der Waals surface area contributed by atoms with Crippen LogP contribution in [-0.4, -0.2) is 277 Å². The number of amidine groups is 3.